The Balaban J connectivity index is 3.20. The van der Waals surface area contributed by atoms with E-state index in [1.165, 1.54) is 0 Å². The summed E-state index contributed by atoms with van der Waals surface area (Å²) in [7, 11) is 0. The van der Waals surface area contributed by atoms with Crippen molar-refractivity contribution in [3.8, 4) is 0 Å². The molecule has 90 valence electrons. The van der Waals surface area contributed by atoms with Crippen LogP contribution in [0.15, 0.2) is 23.0 Å². The highest BCUT2D eigenvalue weighted by atomic mass is 19.4. The van der Waals surface area contributed by atoms with Crippen molar-refractivity contribution in [3.05, 3.63) is 34.2 Å². The highest BCUT2D eigenvalue weighted by Crippen LogP contribution is 2.28. The lowest BCUT2D eigenvalue weighted by molar-refractivity contribution is -0.144. The summed E-state index contributed by atoms with van der Waals surface area (Å²) in [4.78, 5) is 11.3. The zero-order valence-corrected chi connectivity index (χ0v) is 8.79. The monoisotopic (exact) mass is 234 g/mol. The molecule has 6 heteroatoms. The molecule has 3 nitrogen and oxygen atoms in total. The molecule has 1 heterocycles. The Morgan fingerprint density at radius 3 is 2.56 bits per heavy atom. The average Bonchev–Trinajstić information content (AvgIpc) is 2.19. The molecule has 2 N–H and O–H groups in total. The van der Waals surface area contributed by atoms with Crippen molar-refractivity contribution in [1.29, 1.82) is 0 Å². The second kappa shape index (κ2) is 4.69. The number of hydrogen-bond acceptors (Lipinski definition) is 2. The number of nitrogens with two attached hydrogens (primary N) is 1. The third-order valence-corrected chi connectivity index (χ3v) is 2.28. The molecule has 0 radical (unpaired) electrons. The van der Waals surface area contributed by atoms with Crippen LogP contribution in [-0.2, 0) is 12.7 Å². The van der Waals surface area contributed by atoms with Gasteiger partial charge in [-0.3, -0.25) is 4.79 Å². The quantitative estimate of drug-likeness (QED) is 0.863. The minimum Gasteiger partial charge on any atom is -0.326 e. The maximum Gasteiger partial charge on any atom is 0.431 e. The van der Waals surface area contributed by atoms with Gasteiger partial charge in [-0.2, -0.15) is 13.2 Å². The van der Waals surface area contributed by atoms with Gasteiger partial charge in [0.1, 0.15) is 5.69 Å². The largest absolute Gasteiger partial charge is 0.431 e. The number of alkyl halides is 3. The Hall–Kier alpha value is -1.30. The van der Waals surface area contributed by atoms with Gasteiger partial charge in [0.25, 0.3) is 5.56 Å². The lowest BCUT2D eigenvalue weighted by Gasteiger charge is -2.17. The van der Waals surface area contributed by atoms with Gasteiger partial charge >= 0.3 is 6.18 Å². The zero-order valence-electron chi connectivity index (χ0n) is 8.79. The van der Waals surface area contributed by atoms with Crippen LogP contribution in [0.2, 0.25) is 0 Å². The normalized spacial score (nSPS) is 13.8. The van der Waals surface area contributed by atoms with Gasteiger partial charge in [0.05, 0.1) is 0 Å². The third kappa shape index (κ3) is 2.85. The number of rotatable bonds is 3. The first-order valence-corrected chi connectivity index (χ1v) is 4.89. The summed E-state index contributed by atoms with van der Waals surface area (Å²) in [6.07, 6.45) is -4.02. The molecule has 1 atom stereocenters. The van der Waals surface area contributed by atoms with Crippen LogP contribution in [0, 0.1) is 0 Å². The first kappa shape index (κ1) is 12.8. The summed E-state index contributed by atoms with van der Waals surface area (Å²) in [6.45, 7) is 1.64. The Morgan fingerprint density at radius 2 is 2.06 bits per heavy atom. The number of nitrogens with zero attached hydrogens (tertiary/aromatic N) is 1. The van der Waals surface area contributed by atoms with E-state index in [1.807, 2.05) is 0 Å². The van der Waals surface area contributed by atoms with E-state index in [-0.39, 0.29) is 6.54 Å². The summed E-state index contributed by atoms with van der Waals surface area (Å²) in [5.41, 5.74) is 3.92. The molecule has 0 aliphatic carbocycles. The zero-order chi connectivity index (χ0) is 12.3. The van der Waals surface area contributed by atoms with Gasteiger partial charge in [0.15, 0.2) is 0 Å². The Bertz CT molecular complexity index is 411. The van der Waals surface area contributed by atoms with E-state index in [4.69, 9.17) is 5.73 Å². The fraction of sp³-hybridized carbons (Fsp3) is 0.500. The molecule has 0 aliphatic heterocycles. The van der Waals surface area contributed by atoms with Gasteiger partial charge < -0.3 is 10.3 Å². The molecule has 0 aliphatic rings. The summed E-state index contributed by atoms with van der Waals surface area (Å²) in [5, 5.41) is 0. The first-order chi connectivity index (χ1) is 7.36. The molecule has 1 rings (SSSR count). The third-order valence-electron chi connectivity index (χ3n) is 2.28. The predicted octanol–water partition coefficient (Wildman–Crippen LogP) is 1.60. The number of halogens is 3. The molecule has 1 aromatic rings. The lowest BCUT2D eigenvalue weighted by atomic mass is 10.2. The van der Waals surface area contributed by atoms with Crippen LogP contribution >= 0.6 is 0 Å². The van der Waals surface area contributed by atoms with E-state index in [0.29, 0.717) is 11.0 Å². The van der Waals surface area contributed by atoms with E-state index in [2.05, 4.69) is 0 Å². The molecule has 16 heavy (non-hydrogen) atoms. The second-order valence-corrected chi connectivity index (χ2v) is 3.53. The molecule has 0 aromatic carbocycles. The maximum atomic E-state index is 12.6. The second-order valence-electron chi connectivity index (χ2n) is 3.53. The average molecular weight is 234 g/mol. The van der Waals surface area contributed by atoms with E-state index in [9.17, 15) is 18.0 Å². The Morgan fingerprint density at radius 1 is 1.44 bits per heavy atom. The van der Waals surface area contributed by atoms with Crippen molar-refractivity contribution in [2.45, 2.75) is 32.1 Å². The summed E-state index contributed by atoms with van der Waals surface area (Å²) >= 11 is 0. The molecular weight excluding hydrogens is 221 g/mol. The van der Waals surface area contributed by atoms with Crippen molar-refractivity contribution in [2.24, 2.45) is 5.73 Å². The highest BCUT2D eigenvalue weighted by molar-refractivity contribution is 5.10. The van der Waals surface area contributed by atoms with Crippen LogP contribution in [0.3, 0.4) is 0 Å². The van der Waals surface area contributed by atoms with E-state index in [1.54, 1.807) is 6.92 Å². The Kier molecular flexibility index (Phi) is 3.74. The molecule has 0 fully saturated rings. The van der Waals surface area contributed by atoms with Gasteiger partial charge in [-0.15, -0.1) is 0 Å². The molecular formula is C10H13F3N2O. The van der Waals surface area contributed by atoms with E-state index < -0.39 is 23.5 Å². The van der Waals surface area contributed by atoms with Crippen molar-refractivity contribution < 1.29 is 13.2 Å². The SMILES string of the molecule is CCC(N)Cn1c(C(F)(F)F)cccc1=O. The van der Waals surface area contributed by atoms with Gasteiger partial charge in [0, 0.05) is 18.7 Å². The molecule has 0 spiro atoms. The van der Waals surface area contributed by atoms with Gasteiger partial charge in [-0.25, -0.2) is 0 Å². The molecule has 1 aromatic heterocycles. The molecule has 1 unspecified atom stereocenters. The summed E-state index contributed by atoms with van der Waals surface area (Å²) < 4.78 is 38.4. The van der Waals surface area contributed by atoms with E-state index >= 15 is 0 Å². The van der Waals surface area contributed by atoms with Crippen LogP contribution in [-0.4, -0.2) is 10.6 Å². The molecule has 0 bridgehead atoms. The summed E-state index contributed by atoms with van der Waals surface area (Å²) in [6, 6.07) is 2.61. The minimum atomic E-state index is -4.53. The number of hydrogen-bond donors (Lipinski definition) is 1. The van der Waals surface area contributed by atoms with Crippen LogP contribution in [0.4, 0.5) is 13.2 Å². The van der Waals surface area contributed by atoms with Gasteiger partial charge in [-0.05, 0) is 12.5 Å². The fourth-order valence-corrected chi connectivity index (χ4v) is 1.32. The molecule has 0 amide bonds. The minimum absolute atomic E-state index is 0.120. The standard InChI is InChI=1S/C10H13F3N2O/c1-2-7(14)6-15-8(10(11,12)13)4-3-5-9(15)16/h3-5,7H,2,6,14H2,1H3. The predicted molar refractivity (Wildman–Crippen MR) is 54.0 cm³/mol. The van der Waals surface area contributed by atoms with Crippen LogP contribution in [0.5, 0.6) is 0 Å². The van der Waals surface area contributed by atoms with Crippen molar-refractivity contribution in [3.63, 3.8) is 0 Å². The smallest absolute Gasteiger partial charge is 0.326 e. The van der Waals surface area contributed by atoms with Crippen LogP contribution in [0.25, 0.3) is 0 Å². The fourth-order valence-electron chi connectivity index (χ4n) is 1.32. The van der Waals surface area contributed by atoms with Gasteiger partial charge in [0.2, 0.25) is 0 Å². The summed E-state index contributed by atoms with van der Waals surface area (Å²) in [5.74, 6) is 0. The van der Waals surface area contributed by atoms with Gasteiger partial charge in [-0.1, -0.05) is 13.0 Å². The van der Waals surface area contributed by atoms with Crippen LogP contribution < -0.4 is 11.3 Å². The van der Waals surface area contributed by atoms with Crippen molar-refractivity contribution >= 4 is 0 Å². The van der Waals surface area contributed by atoms with Crippen molar-refractivity contribution in [2.75, 3.05) is 0 Å². The molecule has 0 saturated carbocycles. The lowest BCUT2D eigenvalue weighted by Crippen LogP contribution is -2.35. The maximum absolute atomic E-state index is 12.6. The topological polar surface area (TPSA) is 48.0 Å². The first-order valence-electron chi connectivity index (χ1n) is 4.89. The Labute approximate surface area is 90.7 Å². The number of aromatic nitrogens is 1. The molecule has 0 saturated heterocycles. The highest BCUT2D eigenvalue weighted by Gasteiger charge is 2.34. The van der Waals surface area contributed by atoms with E-state index in [0.717, 1.165) is 18.2 Å². The van der Waals surface area contributed by atoms with Crippen LogP contribution in [0.1, 0.15) is 19.0 Å². The van der Waals surface area contributed by atoms with Crippen molar-refractivity contribution in [1.82, 2.24) is 4.57 Å². The number of pyridine rings is 1.